The fourth-order valence-corrected chi connectivity index (χ4v) is 3.83. The first-order valence-electron chi connectivity index (χ1n) is 7.68. The van der Waals surface area contributed by atoms with E-state index < -0.39 is 0 Å². The lowest BCUT2D eigenvalue weighted by molar-refractivity contribution is -0.118. The van der Waals surface area contributed by atoms with Gasteiger partial charge in [-0.05, 0) is 58.2 Å². The van der Waals surface area contributed by atoms with Crippen LogP contribution in [0.4, 0.5) is 0 Å². The average molecular weight is 274 g/mol. The topological polar surface area (TPSA) is 17.1 Å². The zero-order valence-electron chi connectivity index (χ0n) is 12.2. The molecule has 0 radical (unpaired) electrons. The number of ketones is 1. The van der Waals surface area contributed by atoms with Crippen molar-refractivity contribution < 1.29 is 4.79 Å². The number of carbonyl (C=O) groups is 1. The first-order chi connectivity index (χ1) is 10.3. The highest BCUT2D eigenvalue weighted by Gasteiger charge is 2.23. The van der Waals surface area contributed by atoms with E-state index in [1.807, 2.05) is 0 Å². The summed E-state index contributed by atoms with van der Waals surface area (Å²) in [5.74, 6) is 0.384. The second kappa shape index (κ2) is 4.70. The molecular formula is C20H18O. The van der Waals surface area contributed by atoms with E-state index in [-0.39, 0.29) is 5.92 Å². The maximum Gasteiger partial charge on any atom is 0.137 e. The zero-order chi connectivity index (χ0) is 14.4. The highest BCUT2D eigenvalue weighted by Crippen LogP contribution is 2.28. The quantitative estimate of drug-likeness (QED) is 0.781. The maximum atomic E-state index is 12.1. The van der Waals surface area contributed by atoms with Crippen molar-refractivity contribution in [1.29, 1.82) is 0 Å². The van der Waals surface area contributed by atoms with Gasteiger partial charge in [-0.1, -0.05) is 48.6 Å². The lowest BCUT2D eigenvalue weighted by atomic mass is 9.80. The van der Waals surface area contributed by atoms with Gasteiger partial charge >= 0.3 is 0 Å². The molecule has 0 unspecified atom stereocenters. The minimum atomic E-state index is 0.0820. The van der Waals surface area contributed by atoms with Crippen molar-refractivity contribution in [3.63, 3.8) is 0 Å². The molecule has 0 fully saturated rings. The Morgan fingerprint density at radius 2 is 1.86 bits per heavy atom. The molecule has 0 amide bonds. The molecule has 0 spiro atoms. The van der Waals surface area contributed by atoms with Gasteiger partial charge in [0, 0.05) is 5.92 Å². The number of Topliss-reactive ketones (excluding diaryl/α,β-unsaturated/α-hetero) is 1. The Morgan fingerprint density at radius 3 is 2.71 bits per heavy atom. The largest absolute Gasteiger partial charge is 0.299 e. The first kappa shape index (κ1) is 12.6. The molecule has 0 bridgehead atoms. The summed E-state index contributed by atoms with van der Waals surface area (Å²) in [6.07, 6.45) is 7.49. The van der Waals surface area contributed by atoms with Crippen LogP contribution in [-0.2, 0) is 11.2 Å². The van der Waals surface area contributed by atoms with Crippen molar-refractivity contribution in [2.45, 2.75) is 32.1 Å². The number of rotatable bonds is 1. The van der Waals surface area contributed by atoms with Crippen LogP contribution in [0.3, 0.4) is 0 Å². The van der Waals surface area contributed by atoms with Gasteiger partial charge in [0.25, 0.3) is 0 Å². The van der Waals surface area contributed by atoms with Gasteiger partial charge in [-0.2, -0.15) is 0 Å². The second-order valence-corrected chi connectivity index (χ2v) is 6.03. The summed E-state index contributed by atoms with van der Waals surface area (Å²) in [6.45, 7) is 1.74. The highest BCUT2D eigenvalue weighted by atomic mass is 16.1. The van der Waals surface area contributed by atoms with E-state index in [0.717, 1.165) is 19.3 Å². The molecule has 2 aliphatic carbocycles. The molecule has 4 rings (SSSR count). The van der Waals surface area contributed by atoms with Crippen molar-refractivity contribution >= 4 is 17.9 Å². The smallest absolute Gasteiger partial charge is 0.137 e. The summed E-state index contributed by atoms with van der Waals surface area (Å²) < 4.78 is 0. The third kappa shape index (κ3) is 1.88. The van der Waals surface area contributed by atoms with Crippen LogP contribution in [0.2, 0.25) is 0 Å². The molecule has 104 valence electrons. The van der Waals surface area contributed by atoms with E-state index in [0.29, 0.717) is 5.78 Å². The zero-order valence-corrected chi connectivity index (χ0v) is 12.2. The van der Waals surface area contributed by atoms with Crippen molar-refractivity contribution in [2.75, 3.05) is 0 Å². The first-order valence-corrected chi connectivity index (χ1v) is 7.68. The third-order valence-corrected chi connectivity index (χ3v) is 4.83. The minimum Gasteiger partial charge on any atom is -0.299 e. The second-order valence-electron chi connectivity index (χ2n) is 6.03. The van der Waals surface area contributed by atoms with Crippen LogP contribution < -0.4 is 10.4 Å². The molecule has 0 N–H and O–H groups in total. The van der Waals surface area contributed by atoms with Gasteiger partial charge in [-0.15, -0.1) is 0 Å². The lowest BCUT2D eigenvalue weighted by Gasteiger charge is -2.23. The van der Waals surface area contributed by atoms with Crippen LogP contribution in [0.15, 0.2) is 36.4 Å². The lowest BCUT2D eigenvalue weighted by Crippen LogP contribution is -2.26. The summed E-state index contributed by atoms with van der Waals surface area (Å²) in [5.41, 5.74) is 2.65. The van der Waals surface area contributed by atoms with E-state index in [4.69, 9.17) is 0 Å². The molecule has 0 saturated heterocycles. The fraction of sp³-hybridized carbons (Fsp3) is 0.250. The molecule has 1 atom stereocenters. The molecule has 1 nitrogen and oxygen atoms in total. The third-order valence-electron chi connectivity index (χ3n) is 4.83. The Hall–Kier alpha value is -2.15. The Labute approximate surface area is 123 Å². The summed E-state index contributed by atoms with van der Waals surface area (Å²) in [4.78, 5) is 12.1. The van der Waals surface area contributed by atoms with E-state index >= 15 is 0 Å². The van der Waals surface area contributed by atoms with E-state index in [2.05, 4.69) is 48.6 Å². The van der Waals surface area contributed by atoms with E-state index in [1.165, 1.54) is 32.0 Å². The van der Waals surface area contributed by atoms with Crippen molar-refractivity contribution in [2.24, 2.45) is 0 Å². The van der Waals surface area contributed by atoms with Gasteiger partial charge in [0.2, 0.25) is 0 Å². The number of carbonyl (C=O) groups excluding carboxylic acids is 1. The van der Waals surface area contributed by atoms with E-state index in [9.17, 15) is 4.79 Å². The summed E-state index contributed by atoms with van der Waals surface area (Å²) >= 11 is 0. The van der Waals surface area contributed by atoms with Gasteiger partial charge in [0.1, 0.15) is 5.78 Å². The van der Waals surface area contributed by atoms with E-state index in [1.54, 1.807) is 6.92 Å². The predicted molar refractivity (Wildman–Crippen MR) is 85.1 cm³/mol. The van der Waals surface area contributed by atoms with Crippen LogP contribution in [0.5, 0.6) is 0 Å². The summed E-state index contributed by atoms with van der Waals surface area (Å²) in [5, 5.41) is 5.19. The fourth-order valence-electron chi connectivity index (χ4n) is 3.83. The molecule has 21 heavy (non-hydrogen) atoms. The molecule has 2 aromatic rings. The normalized spacial score (nSPS) is 18.6. The molecule has 2 aromatic carbocycles. The van der Waals surface area contributed by atoms with Crippen LogP contribution in [0.25, 0.3) is 12.2 Å². The molecule has 0 aliphatic heterocycles. The van der Waals surface area contributed by atoms with Crippen LogP contribution in [0, 0.1) is 10.4 Å². The molecule has 2 aliphatic rings. The maximum absolute atomic E-state index is 12.1. The van der Waals surface area contributed by atoms with Gasteiger partial charge in [0.05, 0.1) is 0 Å². The van der Waals surface area contributed by atoms with Gasteiger partial charge in [0.15, 0.2) is 0 Å². The van der Waals surface area contributed by atoms with Crippen molar-refractivity contribution in [3.05, 3.63) is 68.4 Å². The molecule has 0 aromatic heterocycles. The minimum absolute atomic E-state index is 0.0820. The van der Waals surface area contributed by atoms with Gasteiger partial charge in [-0.25, -0.2) is 0 Å². The van der Waals surface area contributed by atoms with Crippen molar-refractivity contribution in [1.82, 2.24) is 0 Å². The predicted octanol–water partition coefficient (Wildman–Crippen LogP) is 2.56. The monoisotopic (exact) mass is 274 g/mol. The molecule has 0 saturated carbocycles. The standard InChI is InChI=1S/C20H18O/c1-13(21)16-8-4-6-15-10-11-18-17-7-3-2-5-14(17)9-12-19(18)20(15)16/h2-3,5-7,9-11,16H,4,8,12H2,1H3/t16-/m0/s1. The van der Waals surface area contributed by atoms with Crippen molar-refractivity contribution in [3.8, 4) is 0 Å². The number of hydrogen-bond donors (Lipinski definition) is 0. The Morgan fingerprint density at radius 1 is 1.00 bits per heavy atom. The van der Waals surface area contributed by atoms with Gasteiger partial charge in [-0.3, -0.25) is 4.79 Å². The molecule has 0 heterocycles. The Kier molecular flexibility index (Phi) is 2.81. The average Bonchev–Trinajstić information content (AvgIpc) is 2.53. The number of hydrogen-bond acceptors (Lipinski definition) is 1. The Balaban J connectivity index is 2.18. The summed E-state index contributed by atoms with van der Waals surface area (Å²) in [7, 11) is 0. The van der Waals surface area contributed by atoms with Crippen LogP contribution >= 0.6 is 0 Å². The highest BCUT2D eigenvalue weighted by molar-refractivity contribution is 5.84. The van der Waals surface area contributed by atoms with Crippen LogP contribution in [-0.4, -0.2) is 5.78 Å². The van der Waals surface area contributed by atoms with Crippen LogP contribution in [0.1, 0.15) is 36.8 Å². The number of fused-ring (bicyclic) bond motifs is 4. The summed E-state index contributed by atoms with van der Waals surface area (Å²) in [6, 6.07) is 13.0. The molecule has 1 heteroatoms. The number of benzene rings is 2. The molecular weight excluding hydrogens is 256 g/mol. The Bertz CT molecular complexity index is 950. The van der Waals surface area contributed by atoms with Gasteiger partial charge < -0.3 is 0 Å². The SMILES string of the molecule is CC(=O)[C@@H]1CCC=c2ccc3c(c21)CC=c1ccccc1=3.